The maximum Gasteiger partial charge on any atom is 0.179 e. The zero-order valence-electron chi connectivity index (χ0n) is 17.0. The number of hydrogen-bond acceptors (Lipinski definition) is 5. The molecule has 158 valence electrons. The number of methoxy groups -OCH3 is 1. The summed E-state index contributed by atoms with van der Waals surface area (Å²) < 4.78 is 22.8. The third-order valence-corrected chi connectivity index (χ3v) is 4.60. The van der Waals surface area contributed by atoms with E-state index in [1.165, 1.54) is 0 Å². The molecule has 0 aliphatic rings. The van der Waals surface area contributed by atoms with E-state index in [2.05, 4.69) is 5.32 Å². The van der Waals surface area contributed by atoms with Crippen molar-refractivity contribution >= 4 is 11.6 Å². The molecule has 0 amide bonds. The predicted molar refractivity (Wildman–Crippen MR) is 119 cm³/mol. The van der Waals surface area contributed by atoms with E-state index in [0.29, 0.717) is 49.4 Å². The zero-order valence-corrected chi connectivity index (χ0v) is 17.7. The van der Waals surface area contributed by atoms with Gasteiger partial charge in [0.1, 0.15) is 19.8 Å². The highest BCUT2D eigenvalue weighted by atomic mass is 35.5. The van der Waals surface area contributed by atoms with E-state index in [1.54, 1.807) is 13.2 Å². The lowest BCUT2D eigenvalue weighted by Crippen LogP contribution is -2.26. The van der Waals surface area contributed by atoms with Crippen LogP contribution < -0.4 is 24.3 Å². The predicted octanol–water partition coefficient (Wildman–Crippen LogP) is 4.98. The van der Waals surface area contributed by atoms with E-state index in [0.717, 1.165) is 17.1 Å². The van der Waals surface area contributed by atoms with Gasteiger partial charge in [-0.1, -0.05) is 60.1 Å². The maximum atomic E-state index is 6.16. The highest BCUT2D eigenvalue weighted by Gasteiger charge is 2.08. The zero-order chi connectivity index (χ0) is 21.0. The summed E-state index contributed by atoms with van der Waals surface area (Å²) in [6.07, 6.45) is 0. The highest BCUT2D eigenvalue weighted by Crippen LogP contribution is 2.34. The second-order valence-electron chi connectivity index (χ2n) is 6.44. The molecule has 0 fully saturated rings. The van der Waals surface area contributed by atoms with Crippen molar-refractivity contribution in [2.75, 3.05) is 33.4 Å². The number of halogens is 1. The monoisotopic (exact) mass is 427 g/mol. The Morgan fingerprint density at radius 2 is 1.33 bits per heavy atom. The number of ether oxygens (including phenoxy) is 4. The van der Waals surface area contributed by atoms with Gasteiger partial charge in [-0.2, -0.15) is 0 Å². The van der Waals surface area contributed by atoms with Crippen LogP contribution in [0.3, 0.4) is 0 Å². The minimum atomic E-state index is 0.469. The lowest BCUT2D eigenvalue weighted by molar-refractivity contribution is 0.255. The van der Waals surface area contributed by atoms with Crippen LogP contribution in [0.2, 0.25) is 5.02 Å². The normalized spacial score (nSPS) is 10.5. The lowest BCUT2D eigenvalue weighted by atomic mass is 10.2. The van der Waals surface area contributed by atoms with Crippen molar-refractivity contribution in [2.24, 2.45) is 0 Å². The summed E-state index contributed by atoms with van der Waals surface area (Å²) in [5.41, 5.74) is 1.11. The molecular formula is C24H26ClNO4. The van der Waals surface area contributed by atoms with Crippen molar-refractivity contribution in [1.29, 1.82) is 0 Å². The first kappa shape index (κ1) is 21.8. The summed E-state index contributed by atoms with van der Waals surface area (Å²) in [6.45, 7) is 2.82. The molecule has 0 unspecified atom stereocenters. The third-order valence-electron chi connectivity index (χ3n) is 4.30. The molecule has 0 saturated heterocycles. The molecule has 3 aromatic rings. The summed E-state index contributed by atoms with van der Waals surface area (Å²) in [7, 11) is 1.59. The van der Waals surface area contributed by atoms with Gasteiger partial charge in [-0.3, -0.25) is 0 Å². The van der Waals surface area contributed by atoms with E-state index in [9.17, 15) is 0 Å². The molecule has 0 spiro atoms. The number of benzene rings is 3. The molecule has 0 atom stereocenters. The van der Waals surface area contributed by atoms with Crippen LogP contribution in [0.4, 0.5) is 0 Å². The average Bonchev–Trinajstić information content (AvgIpc) is 2.79. The van der Waals surface area contributed by atoms with Crippen molar-refractivity contribution in [2.45, 2.75) is 6.61 Å². The fourth-order valence-electron chi connectivity index (χ4n) is 2.80. The molecule has 0 heterocycles. The molecule has 3 rings (SSSR count). The van der Waals surface area contributed by atoms with Crippen molar-refractivity contribution in [3.63, 3.8) is 0 Å². The minimum absolute atomic E-state index is 0.469. The van der Waals surface area contributed by atoms with Crippen LogP contribution >= 0.6 is 11.6 Å². The molecule has 1 N–H and O–H groups in total. The minimum Gasteiger partial charge on any atom is -0.493 e. The molecule has 30 heavy (non-hydrogen) atoms. The number of para-hydroxylation sites is 3. The molecule has 0 aromatic heterocycles. The van der Waals surface area contributed by atoms with E-state index in [4.69, 9.17) is 30.5 Å². The SMILES string of the molecule is COc1cccc(Cl)c1OCCNCCOc1ccccc1OCc1ccccc1. The van der Waals surface area contributed by atoms with Gasteiger partial charge in [-0.25, -0.2) is 0 Å². The van der Waals surface area contributed by atoms with Gasteiger partial charge < -0.3 is 24.3 Å². The molecule has 0 aliphatic heterocycles. The fourth-order valence-corrected chi connectivity index (χ4v) is 3.02. The molecule has 3 aromatic carbocycles. The molecule has 0 saturated carbocycles. The third kappa shape index (κ3) is 6.58. The first-order chi connectivity index (χ1) is 14.8. The van der Waals surface area contributed by atoms with Crippen molar-refractivity contribution in [1.82, 2.24) is 5.32 Å². The number of nitrogens with one attached hydrogen (secondary N) is 1. The number of hydrogen-bond donors (Lipinski definition) is 1. The van der Waals surface area contributed by atoms with Crippen LogP contribution in [-0.4, -0.2) is 33.4 Å². The molecule has 0 aliphatic carbocycles. The first-order valence-corrected chi connectivity index (χ1v) is 10.2. The largest absolute Gasteiger partial charge is 0.493 e. The van der Waals surface area contributed by atoms with Crippen LogP contribution in [0.25, 0.3) is 0 Å². The van der Waals surface area contributed by atoms with Crippen LogP contribution in [-0.2, 0) is 6.61 Å². The first-order valence-electron chi connectivity index (χ1n) is 9.82. The lowest BCUT2D eigenvalue weighted by Gasteiger charge is -2.14. The maximum absolute atomic E-state index is 6.16. The molecule has 5 nitrogen and oxygen atoms in total. The van der Waals surface area contributed by atoms with Crippen molar-refractivity contribution in [3.05, 3.63) is 83.4 Å². The van der Waals surface area contributed by atoms with Crippen LogP contribution in [0.15, 0.2) is 72.8 Å². The van der Waals surface area contributed by atoms with Gasteiger partial charge in [-0.05, 0) is 29.8 Å². The van der Waals surface area contributed by atoms with Gasteiger partial charge in [0, 0.05) is 13.1 Å². The Labute approximate surface area is 182 Å². The topological polar surface area (TPSA) is 49.0 Å². The summed E-state index contributed by atoms with van der Waals surface area (Å²) in [6, 6.07) is 23.2. The highest BCUT2D eigenvalue weighted by molar-refractivity contribution is 6.32. The Balaban J connectivity index is 1.37. The van der Waals surface area contributed by atoms with Gasteiger partial charge in [0.25, 0.3) is 0 Å². The summed E-state index contributed by atoms with van der Waals surface area (Å²) in [5.74, 6) is 2.64. The number of rotatable bonds is 12. The van der Waals surface area contributed by atoms with Crippen molar-refractivity contribution in [3.8, 4) is 23.0 Å². The Bertz CT molecular complexity index is 905. The Hall–Kier alpha value is -2.89. The van der Waals surface area contributed by atoms with E-state index < -0.39 is 0 Å². The second-order valence-corrected chi connectivity index (χ2v) is 6.85. The van der Waals surface area contributed by atoms with Crippen molar-refractivity contribution < 1.29 is 18.9 Å². The van der Waals surface area contributed by atoms with Gasteiger partial charge in [0.15, 0.2) is 23.0 Å². The van der Waals surface area contributed by atoms with Gasteiger partial charge in [0.05, 0.1) is 12.1 Å². The van der Waals surface area contributed by atoms with Gasteiger partial charge in [-0.15, -0.1) is 0 Å². The van der Waals surface area contributed by atoms with E-state index in [1.807, 2.05) is 66.7 Å². The molecule has 6 heteroatoms. The molecular weight excluding hydrogens is 402 g/mol. The van der Waals surface area contributed by atoms with Gasteiger partial charge in [0.2, 0.25) is 0 Å². The summed E-state index contributed by atoms with van der Waals surface area (Å²) in [4.78, 5) is 0. The Kier molecular flexibility index (Phi) is 8.69. The van der Waals surface area contributed by atoms with Gasteiger partial charge >= 0.3 is 0 Å². The van der Waals surface area contributed by atoms with E-state index in [-0.39, 0.29) is 0 Å². The van der Waals surface area contributed by atoms with Crippen LogP contribution in [0.5, 0.6) is 23.0 Å². The molecule has 0 bridgehead atoms. The average molecular weight is 428 g/mol. The Morgan fingerprint density at radius 3 is 2.07 bits per heavy atom. The summed E-state index contributed by atoms with van der Waals surface area (Å²) in [5, 5.41) is 3.82. The van der Waals surface area contributed by atoms with Crippen LogP contribution in [0, 0.1) is 0 Å². The smallest absolute Gasteiger partial charge is 0.179 e. The quantitative estimate of drug-likeness (QED) is 0.413. The Morgan fingerprint density at radius 1 is 0.700 bits per heavy atom. The fraction of sp³-hybridized carbons (Fsp3) is 0.250. The standard InChI is InChI=1S/C24H26ClNO4/c1-27-23-13-7-10-20(25)24(23)29-17-15-26-14-16-28-21-11-5-6-12-22(21)30-18-19-8-3-2-4-9-19/h2-13,26H,14-18H2,1H3. The van der Waals surface area contributed by atoms with E-state index >= 15 is 0 Å². The molecule has 0 radical (unpaired) electrons. The summed E-state index contributed by atoms with van der Waals surface area (Å²) >= 11 is 6.16. The van der Waals surface area contributed by atoms with Crippen LogP contribution in [0.1, 0.15) is 5.56 Å². The second kappa shape index (κ2) is 12.0.